The Morgan fingerprint density at radius 1 is 1.00 bits per heavy atom. The van der Waals surface area contributed by atoms with Gasteiger partial charge in [0.15, 0.2) is 0 Å². The monoisotopic (exact) mass is 397 g/mol. The summed E-state index contributed by atoms with van der Waals surface area (Å²) in [5.41, 5.74) is 6.70. The summed E-state index contributed by atoms with van der Waals surface area (Å²) in [5, 5.41) is 5.25. The number of aromatic nitrogens is 3. The second-order valence-electron chi connectivity index (χ2n) is 7.99. The molecule has 1 amide bonds. The highest BCUT2D eigenvalue weighted by Crippen LogP contribution is 2.31. The molecule has 0 fully saturated rings. The first kappa shape index (κ1) is 18.5. The Morgan fingerprint density at radius 2 is 1.80 bits per heavy atom. The molecule has 3 aromatic carbocycles. The number of carbonyl (C=O) groups is 1. The van der Waals surface area contributed by atoms with Crippen LogP contribution in [0.25, 0.3) is 43.9 Å². The first-order valence-electron chi connectivity index (χ1n) is 10.1. The average molecular weight is 397 g/mol. The molecule has 0 spiro atoms. The lowest BCUT2D eigenvalue weighted by atomic mass is 10.1. The average Bonchev–Trinajstić information content (AvgIpc) is 3.09. The molecule has 0 aliphatic carbocycles. The van der Waals surface area contributed by atoms with Crippen molar-refractivity contribution in [1.29, 1.82) is 0 Å². The maximum Gasteiger partial charge on any atom is 0.253 e. The summed E-state index contributed by atoms with van der Waals surface area (Å²) >= 11 is 0. The van der Waals surface area contributed by atoms with Gasteiger partial charge in [-0.25, -0.2) is 9.97 Å². The van der Waals surface area contributed by atoms with E-state index in [9.17, 15) is 4.79 Å². The van der Waals surface area contributed by atoms with Gasteiger partial charge in [-0.3, -0.25) is 4.79 Å². The maximum atomic E-state index is 12.8. The van der Waals surface area contributed by atoms with Crippen molar-refractivity contribution in [2.45, 2.75) is 6.92 Å². The Balaban J connectivity index is 1.70. The molecule has 30 heavy (non-hydrogen) atoms. The van der Waals surface area contributed by atoms with E-state index in [2.05, 4.69) is 41.5 Å². The van der Waals surface area contributed by atoms with E-state index in [1.54, 1.807) is 0 Å². The highest BCUT2D eigenvalue weighted by Gasteiger charge is 2.15. The number of carbonyl (C=O) groups excluding carboxylic acids is 1. The molecule has 5 aromatic rings. The molecule has 5 rings (SSSR count). The van der Waals surface area contributed by atoms with Gasteiger partial charge in [0.25, 0.3) is 5.91 Å². The number of aryl methyl sites for hydroxylation is 1. The summed E-state index contributed by atoms with van der Waals surface area (Å²) in [6.07, 6.45) is 0. The van der Waals surface area contributed by atoms with Crippen LogP contribution in [0.5, 0.6) is 0 Å². The highest BCUT2D eigenvalue weighted by molar-refractivity contribution is 6.16. The standard InChI is InChI=1S/C24H23N5O/c1-14-7-8-15-16-9-10-19-23(22(16)27-20(15)13-14)28-21-17(5-4-6-18(21)26-19)24(30)25-11-12-29(2)3/h4-10,13,27H,11-12H2,1-3H3,(H,25,30). The number of fused-ring (bicyclic) bond motifs is 6. The van der Waals surface area contributed by atoms with E-state index in [4.69, 9.17) is 9.97 Å². The van der Waals surface area contributed by atoms with Crippen LogP contribution in [0.3, 0.4) is 0 Å². The Hall–Kier alpha value is -3.51. The Morgan fingerprint density at radius 3 is 2.63 bits per heavy atom. The van der Waals surface area contributed by atoms with Gasteiger partial charge in [0.2, 0.25) is 0 Å². The van der Waals surface area contributed by atoms with Crippen LogP contribution in [0.15, 0.2) is 48.5 Å². The molecule has 0 aliphatic heterocycles. The van der Waals surface area contributed by atoms with E-state index in [0.717, 1.165) is 39.4 Å². The number of aromatic amines is 1. The van der Waals surface area contributed by atoms with Crippen LogP contribution in [0, 0.1) is 6.92 Å². The zero-order valence-corrected chi connectivity index (χ0v) is 17.3. The zero-order valence-electron chi connectivity index (χ0n) is 17.3. The maximum absolute atomic E-state index is 12.8. The third-order valence-corrected chi connectivity index (χ3v) is 5.45. The number of hydrogen-bond donors (Lipinski definition) is 2. The van der Waals surface area contributed by atoms with E-state index in [1.807, 2.05) is 43.3 Å². The molecule has 0 radical (unpaired) electrons. The number of para-hydroxylation sites is 1. The minimum atomic E-state index is -0.129. The molecular formula is C24H23N5O. The third-order valence-electron chi connectivity index (χ3n) is 5.45. The number of benzene rings is 3. The van der Waals surface area contributed by atoms with Gasteiger partial charge in [0.1, 0.15) is 11.0 Å². The molecule has 2 aromatic heterocycles. The van der Waals surface area contributed by atoms with Crippen LogP contribution >= 0.6 is 0 Å². The first-order valence-corrected chi connectivity index (χ1v) is 10.1. The second kappa shape index (κ2) is 7.07. The summed E-state index contributed by atoms with van der Waals surface area (Å²) in [6.45, 7) is 3.44. The lowest BCUT2D eigenvalue weighted by Gasteiger charge is -2.11. The second-order valence-corrected chi connectivity index (χ2v) is 7.99. The lowest BCUT2D eigenvalue weighted by Crippen LogP contribution is -2.31. The van der Waals surface area contributed by atoms with Crippen LogP contribution in [0.2, 0.25) is 0 Å². The Kier molecular flexibility index (Phi) is 4.37. The summed E-state index contributed by atoms with van der Waals surface area (Å²) < 4.78 is 0. The van der Waals surface area contributed by atoms with Gasteiger partial charge in [-0.15, -0.1) is 0 Å². The fourth-order valence-electron chi connectivity index (χ4n) is 3.92. The van der Waals surface area contributed by atoms with Gasteiger partial charge in [0, 0.05) is 29.4 Å². The molecule has 0 unspecified atom stereocenters. The van der Waals surface area contributed by atoms with Gasteiger partial charge in [-0.2, -0.15) is 0 Å². The van der Waals surface area contributed by atoms with Crippen molar-refractivity contribution in [3.63, 3.8) is 0 Å². The van der Waals surface area contributed by atoms with Crippen LogP contribution in [0.4, 0.5) is 0 Å². The van der Waals surface area contributed by atoms with Crippen LogP contribution < -0.4 is 5.32 Å². The van der Waals surface area contributed by atoms with Crippen molar-refractivity contribution >= 4 is 49.8 Å². The van der Waals surface area contributed by atoms with Crippen molar-refractivity contribution in [2.75, 3.05) is 27.2 Å². The first-order chi connectivity index (χ1) is 14.5. The normalized spacial score (nSPS) is 11.9. The van der Waals surface area contributed by atoms with E-state index in [0.29, 0.717) is 23.1 Å². The Labute approximate surface area is 173 Å². The molecule has 6 nitrogen and oxygen atoms in total. The number of rotatable bonds is 4. The van der Waals surface area contributed by atoms with Gasteiger partial charge >= 0.3 is 0 Å². The van der Waals surface area contributed by atoms with Crippen molar-refractivity contribution < 1.29 is 4.79 Å². The van der Waals surface area contributed by atoms with Crippen LogP contribution in [0.1, 0.15) is 15.9 Å². The van der Waals surface area contributed by atoms with Gasteiger partial charge in [-0.1, -0.05) is 18.2 Å². The largest absolute Gasteiger partial charge is 0.353 e. The molecule has 6 heteroatoms. The number of nitrogens with zero attached hydrogens (tertiary/aromatic N) is 3. The summed E-state index contributed by atoms with van der Waals surface area (Å²) in [5.74, 6) is -0.129. The quantitative estimate of drug-likeness (QED) is 0.449. The number of likely N-dealkylation sites (N-methyl/N-ethyl adjacent to an activating group) is 1. The Bertz CT molecular complexity index is 1430. The van der Waals surface area contributed by atoms with Gasteiger partial charge < -0.3 is 15.2 Å². The molecule has 150 valence electrons. The molecule has 2 N–H and O–H groups in total. The number of nitrogens with one attached hydrogen (secondary N) is 2. The lowest BCUT2D eigenvalue weighted by molar-refractivity contribution is 0.0952. The summed E-state index contributed by atoms with van der Waals surface area (Å²) in [6, 6.07) is 16.0. The van der Waals surface area contributed by atoms with E-state index < -0.39 is 0 Å². The molecule has 0 bridgehead atoms. The van der Waals surface area contributed by atoms with Crippen molar-refractivity contribution in [3.05, 3.63) is 59.7 Å². The van der Waals surface area contributed by atoms with Crippen molar-refractivity contribution in [1.82, 2.24) is 25.2 Å². The van der Waals surface area contributed by atoms with E-state index in [1.165, 1.54) is 5.56 Å². The number of amides is 1. The predicted octanol–water partition coefficient (Wildman–Crippen LogP) is 4.02. The van der Waals surface area contributed by atoms with E-state index in [-0.39, 0.29) is 5.91 Å². The number of H-pyrrole nitrogens is 1. The van der Waals surface area contributed by atoms with Crippen LogP contribution in [-0.4, -0.2) is 52.9 Å². The fourth-order valence-corrected chi connectivity index (χ4v) is 3.92. The van der Waals surface area contributed by atoms with Gasteiger partial charge in [0.05, 0.1) is 22.1 Å². The molecule has 0 saturated heterocycles. The summed E-state index contributed by atoms with van der Waals surface area (Å²) in [7, 11) is 3.96. The minimum Gasteiger partial charge on any atom is -0.353 e. The topological polar surface area (TPSA) is 73.9 Å². The number of hydrogen-bond acceptors (Lipinski definition) is 4. The van der Waals surface area contributed by atoms with Gasteiger partial charge in [-0.05, 0) is 56.9 Å². The molecule has 0 atom stereocenters. The van der Waals surface area contributed by atoms with Crippen molar-refractivity contribution in [2.24, 2.45) is 0 Å². The SMILES string of the molecule is Cc1ccc2c(c1)[nH]c1c2ccc2nc3cccc(C(=O)NCCN(C)C)c3nc21. The highest BCUT2D eigenvalue weighted by atomic mass is 16.1. The molecule has 2 heterocycles. The van der Waals surface area contributed by atoms with Crippen molar-refractivity contribution in [3.8, 4) is 0 Å². The summed E-state index contributed by atoms with van der Waals surface area (Å²) in [4.78, 5) is 28.1. The fraction of sp³-hybridized carbons (Fsp3) is 0.208. The third kappa shape index (κ3) is 3.06. The molecular weight excluding hydrogens is 374 g/mol. The minimum absolute atomic E-state index is 0.129. The van der Waals surface area contributed by atoms with E-state index >= 15 is 0 Å². The molecule has 0 saturated carbocycles. The predicted molar refractivity (Wildman–Crippen MR) is 122 cm³/mol. The zero-order chi connectivity index (χ0) is 20.8. The van der Waals surface area contributed by atoms with Crippen LogP contribution in [-0.2, 0) is 0 Å². The molecule has 0 aliphatic rings. The smallest absolute Gasteiger partial charge is 0.253 e.